The molecule has 4 nitrogen and oxygen atoms in total. The van der Waals surface area contributed by atoms with Crippen molar-refractivity contribution in [3.63, 3.8) is 0 Å². The molecule has 2 aromatic carbocycles. The molecule has 98 valence electrons. The van der Waals surface area contributed by atoms with Crippen molar-refractivity contribution in [3.8, 4) is 0 Å². The van der Waals surface area contributed by atoms with Gasteiger partial charge in [0.2, 0.25) is 0 Å². The summed E-state index contributed by atoms with van der Waals surface area (Å²) in [6.07, 6.45) is 1.49. The quantitative estimate of drug-likeness (QED) is 0.450. The van der Waals surface area contributed by atoms with Crippen LogP contribution in [-0.2, 0) is 10.1 Å². The second kappa shape index (κ2) is 7.06. The van der Waals surface area contributed by atoms with E-state index in [1.165, 1.54) is 18.2 Å². The van der Waals surface area contributed by atoms with Crippen LogP contribution < -0.4 is 35.3 Å². The van der Waals surface area contributed by atoms with Crippen molar-refractivity contribution >= 4 is 21.9 Å². The molecule has 0 fully saturated rings. The van der Waals surface area contributed by atoms with Gasteiger partial charge in [-0.1, -0.05) is 48.5 Å². The first kappa shape index (κ1) is 16.9. The van der Waals surface area contributed by atoms with Gasteiger partial charge >= 0.3 is 29.6 Å². The molecule has 0 saturated heterocycles. The van der Waals surface area contributed by atoms with Crippen molar-refractivity contribution in [2.45, 2.75) is 4.90 Å². The number of hydrogen-bond donors (Lipinski definition) is 1. The topological polar surface area (TPSA) is 83.2 Å². The Morgan fingerprint density at radius 2 is 1.55 bits per heavy atom. The van der Waals surface area contributed by atoms with Crippen LogP contribution in [0.2, 0.25) is 0 Å². The Labute approximate surface area is 140 Å². The van der Waals surface area contributed by atoms with Gasteiger partial charge in [0.15, 0.2) is 0 Å². The summed E-state index contributed by atoms with van der Waals surface area (Å²) in [4.78, 5) is -0.270. The van der Waals surface area contributed by atoms with Crippen molar-refractivity contribution in [1.82, 2.24) is 0 Å². The molecule has 0 aliphatic rings. The molecule has 0 unspecified atom stereocenters. The molecule has 0 aromatic heterocycles. The van der Waals surface area contributed by atoms with E-state index in [4.69, 9.17) is 5.73 Å². The Morgan fingerprint density at radius 3 is 2.15 bits per heavy atom. The zero-order chi connectivity index (χ0) is 13.9. The molecule has 2 N–H and O–H groups in total. The first-order valence-corrected chi connectivity index (χ1v) is 6.97. The minimum absolute atomic E-state index is 0. The number of rotatable bonds is 3. The third kappa shape index (κ3) is 4.19. The number of hydrogen-bond acceptors (Lipinski definition) is 4. The predicted molar refractivity (Wildman–Crippen MR) is 72.9 cm³/mol. The van der Waals surface area contributed by atoms with E-state index in [0.29, 0.717) is 11.3 Å². The molecule has 6 heteroatoms. The molecule has 0 aliphatic carbocycles. The second-order valence-electron chi connectivity index (χ2n) is 3.96. The van der Waals surface area contributed by atoms with Crippen molar-refractivity contribution in [2.75, 3.05) is 0 Å². The molecule has 0 spiro atoms. The van der Waals surface area contributed by atoms with Gasteiger partial charge in [-0.25, -0.2) is 8.42 Å². The van der Waals surface area contributed by atoms with Gasteiger partial charge in [0.1, 0.15) is 10.1 Å². The van der Waals surface area contributed by atoms with Crippen LogP contribution in [0.1, 0.15) is 11.1 Å². The maximum atomic E-state index is 11.1. The molecule has 0 heterocycles. The SMILES string of the molecule is NC(=Cc1ccccc1S(=O)(=O)[O-])c1ccccc1.[Na+]. The zero-order valence-electron chi connectivity index (χ0n) is 11.0. The summed E-state index contributed by atoms with van der Waals surface area (Å²) in [5.41, 5.74) is 7.36. The van der Waals surface area contributed by atoms with Gasteiger partial charge < -0.3 is 10.3 Å². The van der Waals surface area contributed by atoms with E-state index in [9.17, 15) is 13.0 Å². The zero-order valence-corrected chi connectivity index (χ0v) is 13.8. The molecular weight excluding hydrogens is 285 g/mol. The van der Waals surface area contributed by atoms with Crippen LogP contribution in [0.15, 0.2) is 59.5 Å². The summed E-state index contributed by atoms with van der Waals surface area (Å²) in [5, 5.41) is 0. The summed E-state index contributed by atoms with van der Waals surface area (Å²) in [5.74, 6) is 0. The minimum atomic E-state index is -4.51. The van der Waals surface area contributed by atoms with Crippen molar-refractivity contribution in [2.24, 2.45) is 5.73 Å². The first-order valence-electron chi connectivity index (χ1n) is 5.56. The molecule has 0 bridgehead atoms. The number of nitrogens with two attached hydrogens (primary N) is 1. The van der Waals surface area contributed by atoms with Gasteiger partial charge in [-0.3, -0.25) is 0 Å². The van der Waals surface area contributed by atoms with Gasteiger partial charge in [-0.15, -0.1) is 0 Å². The van der Waals surface area contributed by atoms with Crippen LogP contribution in [0, 0.1) is 0 Å². The van der Waals surface area contributed by atoms with Gasteiger partial charge in [-0.05, 0) is 23.3 Å². The molecule has 0 atom stereocenters. The van der Waals surface area contributed by atoms with Gasteiger partial charge in [0.25, 0.3) is 0 Å². The van der Waals surface area contributed by atoms with Crippen LogP contribution >= 0.6 is 0 Å². The molecule has 0 saturated carbocycles. The van der Waals surface area contributed by atoms with Crippen molar-refractivity contribution in [1.29, 1.82) is 0 Å². The average molecular weight is 297 g/mol. The van der Waals surface area contributed by atoms with E-state index in [-0.39, 0.29) is 34.5 Å². The van der Waals surface area contributed by atoms with Crippen LogP contribution in [0.5, 0.6) is 0 Å². The van der Waals surface area contributed by atoms with Crippen molar-refractivity contribution < 1.29 is 42.5 Å². The van der Waals surface area contributed by atoms with Gasteiger partial charge in [-0.2, -0.15) is 0 Å². The Bertz CT molecular complexity index is 712. The fourth-order valence-electron chi connectivity index (χ4n) is 1.71. The summed E-state index contributed by atoms with van der Waals surface area (Å²) in [6.45, 7) is 0. The fourth-order valence-corrected chi connectivity index (χ4v) is 2.37. The first-order chi connectivity index (χ1) is 8.98. The molecule has 0 amide bonds. The molecule has 2 rings (SSSR count). The average Bonchev–Trinajstić information content (AvgIpc) is 2.39. The Balaban J connectivity index is 0.00000200. The Kier molecular flexibility index (Phi) is 5.98. The van der Waals surface area contributed by atoms with Crippen LogP contribution in [0.3, 0.4) is 0 Å². The fraction of sp³-hybridized carbons (Fsp3) is 0. The van der Waals surface area contributed by atoms with Gasteiger partial charge in [0.05, 0.1) is 4.90 Å². The maximum Gasteiger partial charge on any atom is 1.00 e. The summed E-state index contributed by atoms with van der Waals surface area (Å²) in [7, 11) is -4.51. The largest absolute Gasteiger partial charge is 1.00 e. The normalized spacial score (nSPS) is 11.8. The molecule has 20 heavy (non-hydrogen) atoms. The predicted octanol–water partition coefficient (Wildman–Crippen LogP) is -0.949. The standard InChI is InChI=1S/C14H13NO3S.Na/c15-13(11-6-2-1-3-7-11)10-12-8-4-5-9-14(12)19(16,17)18;/h1-10H,15H2,(H,16,17,18);/q;+1/p-1. The third-order valence-corrected chi connectivity index (χ3v) is 3.52. The van der Waals surface area contributed by atoms with E-state index in [0.717, 1.165) is 5.56 Å². The summed E-state index contributed by atoms with van der Waals surface area (Å²) in [6, 6.07) is 15.1. The van der Waals surface area contributed by atoms with E-state index < -0.39 is 10.1 Å². The van der Waals surface area contributed by atoms with E-state index in [1.54, 1.807) is 24.3 Å². The third-order valence-electron chi connectivity index (χ3n) is 2.61. The van der Waals surface area contributed by atoms with Crippen molar-refractivity contribution in [3.05, 3.63) is 65.7 Å². The van der Waals surface area contributed by atoms with Crippen LogP contribution in [0.25, 0.3) is 11.8 Å². The maximum absolute atomic E-state index is 11.1. The molecular formula is C14H12NNaO3S. The van der Waals surface area contributed by atoms with E-state index in [1.807, 2.05) is 18.2 Å². The second-order valence-corrected chi connectivity index (χ2v) is 5.31. The molecule has 0 aliphatic heterocycles. The summed E-state index contributed by atoms with van der Waals surface area (Å²) < 4.78 is 33.4. The van der Waals surface area contributed by atoms with E-state index >= 15 is 0 Å². The van der Waals surface area contributed by atoms with Crippen LogP contribution in [-0.4, -0.2) is 13.0 Å². The monoisotopic (exact) mass is 297 g/mol. The van der Waals surface area contributed by atoms with Crippen LogP contribution in [0.4, 0.5) is 0 Å². The number of benzene rings is 2. The summed E-state index contributed by atoms with van der Waals surface area (Å²) >= 11 is 0. The minimum Gasteiger partial charge on any atom is -0.744 e. The smallest absolute Gasteiger partial charge is 0.744 e. The van der Waals surface area contributed by atoms with Gasteiger partial charge in [0, 0.05) is 5.70 Å². The molecule has 0 radical (unpaired) electrons. The molecule has 2 aromatic rings. The Morgan fingerprint density at radius 1 is 1.00 bits per heavy atom. The Hall–Kier alpha value is -1.11. The van der Waals surface area contributed by atoms with E-state index in [2.05, 4.69) is 0 Å².